The van der Waals surface area contributed by atoms with E-state index in [9.17, 15) is 0 Å². The zero-order chi connectivity index (χ0) is 25.1. The van der Waals surface area contributed by atoms with Gasteiger partial charge in [-0.25, -0.2) is 0 Å². The van der Waals surface area contributed by atoms with Crippen molar-refractivity contribution in [1.29, 1.82) is 0 Å². The summed E-state index contributed by atoms with van der Waals surface area (Å²) in [6.07, 6.45) is 3.77. The summed E-state index contributed by atoms with van der Waals surface area (Å²) in [4.78, 5) is 6.91. The van der Waals surface area contributed by atoms with Crippen LogP contribution in [0, 0.1) is 0 Å². The molecule has 2 aliphatic heterocycles. The fraction of sp³-hybridized carbons (Fsp3) is 0. The third-order valence-corrected chi connectivity index (χ3v) is 7.96. The van der Waals surface area contributed by atoms with Gasteiger partial charge in [-0.1, -0.05) is 97.1 Å². The van der Waals surface area contributed by atoms with E-state index in [0.717, 1.165) is 5.56 Å². The second kappa shape index (κ2) is 8.32. The monoisotopic (exact) mass is 482 g/mol. The Bertz CT molecular complexity index is 1690. The molecule has 2 aliphatic rings. The molecule has 38 heavy (non-hydrogen) atoms. The highest BCUT2D eigenvalue weighted by atomic mass is 15.1. The van der Waals surface area contributed by atoms with Gasteiger partial charge >= 0.3 is 6.85 Å². The molecule has 6 aromatic rings. The van der Waals surface area contributed by atoms with Crippen molar-refractivity contribution in [1.82, 2.24) is 4.98 Å². The van der Waals surface area contributed by atoms with Gasteiger partial charge in [-0.05, 0) is 69.1 Å². The Morgan fingerprint density at radius 2 is 1.00 bits per heavy atom. The molecule has 0 radical (unpaired) electrons. The molecule has 5 aromatic carbocycles. The Balaban J connectivity index is 1.40. The van der Waals surface area contributed by atoms with Crippen molar-refractivity contribution in [2.75, 3.05) is 4.81 Å². The average Bonchev–Trinajstić information content (AvgIpc) is 3.01. The van der Waals surface area contributed by atoms with Crippen LogP contribution in [0.2, 0.25) is 0 Å². The summed E-state index contributed by atoms with van der Waals surface area (Å²) < 4.78 is 0. The van der Waals surface area contributed by atoms with E-state index in [4.69, 9.17) is 0 Å². The minimum absolute atomic E-state index is 0.120. The number of nitrogens with zero attached hydrogens (tertiary/aromatic N) is 2. The van der Waals surface area contributed by atoms with Gasteiger partial charge in [-0.15, -0.1) is 0 Å². The third kappa shape index (κ3) is 3.12. The molecule has 0 aliphatic carbocycles. The van der Waals surface area contributed by atoms with Crippen LogP contribution < -0.4 is 15.7 Å². The molecule has 0 spiro atoms. The summed E-state index contributed by atoms with van der Waals surface area (Å²) in [6, 6.07) is 46.4. The number of anilines is 2. The zero-order valence-electron chi connectivity index (χ0n) is 20.8. The van der Waals surface area contributed by atoms with Crippen molar-refractivity contribution in [3.63, 3.8) is 0 Å². The Hall–Kier alpha value is -4.89. The largest absolute Gasteiger partial charge is 0.376 e. The van der Waals surface area contributed by atoms with Crippen LogP contribution in [0.3, 0.4) is 0 Å². The molecule has 3 heterocycles. The molecule has 8 rings (SSSR count). The van der Waals surface area contributed by atoms with Crippen LogP contribution in [0.25, 0.3) is 44.5 Å². The normalized spacial score (nSPS) is 12.6. The Labute approximate surface area is 223 Å². The molecule has 1 aromatic heterocycles. The van der Waals surface area contributed by atoms with E-state index in [2.05, 4.69) is 131 Å². The van der Waals surface area contributed by atoms with Crippen LogP contribution in [-0.4, -0.2) is 11.8 Å². The predicted octanol–water partition coefficient (Wildman–Crippen LogP) is 7.32. The van der Waals surface area contributed by atoms with Crippen molar-refractivity contribution in [2.45, 2.75) is 0 Å². The second-order valence-electron chi connectivity index (χ2n) is 10.0. The van der Waals surface area contributed by atoms with E-state index in [-0.39, 0.29) is 6.85 Å². The van der Waals surface area contributed by atoms with Crippen molar-refractivity contribution in [3.05, 3.63) is 140 Å². The molecule has 0 atom stereocenters. The van der Waals surface area contributed by atoms with E-state index < -0.39 is 0 Å². The number of hydrogen-bond donors (Lipinski definition) is 0. The van der Waals surface area contributed by atoms with Crippen LogP contribution in [-0.2, 0) is 0 Å². The summed E-state index contributed by atoms with van der Waals surface area (Å²) in [5, 5.41) is 0. The number of rotatable bonds is 2. The second-order valence-corrected chi connectivity index (χ2v) is 10.0. The first-order valence-electron chi connectivity index (χ1n) is 13.1. The van der Waals surface area contributed by atoms with Gasteiger partial charge < -0.3 is 4.81 Å². The van der Waals surface area contributed by atoms with Crippen LogP contribution in [0.15, 0.2) is 140 Å². The maximum Gasteiger partial charge on any atom is 0.329 e. The van der Waals surface area contributed by atoms with Gasteiger partial charge in [0.2, 0.25) is 0 Å². The van der Waals surface area contributed by atoms with Crippen molar-refractivity contribution in [3.8, 4) is 44.5 Å². The van der Waals surface area contributed by atoms with Crippen LogP contribution in [0.1, 0.15) is 0 Å². The SMILES string of the molecule is c1ccc(-c2ccc3c(c2)-c2ccccc2B2c4ccccc4-c4cc(-c5cccnc5)ccc4N23)cc1. The fourth-order valence-electron chi connectivity index (χ4n) is 6.26. The van der Waals surface area contributed by atoms with E-state index in [1.54, 1.807) is 0 Å². The molecule has 0 saturated carbocycles. The first kappa shape index (κ1) is 21.2. The summed E-state index contributed by atoms with van der Waals surface area (Å²) >= 11 is 0. The fourth-order valence-corrected chi connectivity index (χ4v) is 6.26. The van der Waals surface area contributed by atoms with Gasteiger partial charge in [0.1, 0.15) is 0 Å². The lowest BCUT2D eigenvalue weighted by molar-refractivity contribution is 1.32. The summed E-state index contributed by atoms with van der Waals surface area (Å²) in [5.41, 5.74) is 15.1. The van der Waals surface area contributed by atoms with Gasteiger partial charge in [-0.3, -0.25) is 4.98 Å². The predicted molar refractivity (Wildman–Crippen MR) is 160 cm³/mol. The molecule has 0 fully saturated rings. The highest BCUT2D eigenvalue weighted by Crippen LogP contribution is 2.47. The van der Waals surface area contributed by atoms with Crippen molar-refractivity contribution < 1.29 is 0 Å². The molecular weight excluding hydrogens is 459 g/mol. The van der Waals surface area contributed by atoms with Gasteiger partial charge in [0, 0.05) is 40.5 Å². The minimum Gasteiger partial charge on any atom is -0.376 e. The third-order valence-electron chi connectivity index (χ3n) is 7.96. The van der Waals surface area contributed by atoms with Gasteiger partial charge in [0.05, 0.1) is 0 Å². The van der Waals surface area contributed by atoms with Crippen molar-refractivity contribution in [2.24, 2.45) is 0 Å². The van der Waals surface area contributed by atoms with Gasteiger partial charge in [0.15, 0.2) is 0 Å². The number of benzene rings is 5. The Morgan fingerprint density at radius 1 is 0.447 bits per heavy atom. The van der Waals surface area contributed by atoms with Crippen LogP contribution in [0.5, 0.6) is 0 Å². The average molecular weight is 482 g/mol. The molecule has 0 bridgehead atoms. The number of hydrogen-bond acceptors (Lipinski definition) is 2. The molecule has 0 saturated heterocycles. The molecule has 176 valence electrons. The number of aromatic nitrogens is 1. The molecular formula is C35H23BN2. The zero-order valence-corrected chi connectivity index (χ0v) is 20.8. The van der Waals surface area contributed by atoms with Gasteiger partial charge in [0.25, 0.3) is 0 Å². The van der Waals surface area contributed by atoms with E-state index in [1.165, 1.54) is 61.2 Å². The van der Waals surface area contributed by atoms with E-state index >= 15 is 0 Å². The summed E-state index contributed by atoms with van der Waals surface area (Å²) in [7, 11) is 0. The van der Waals surface area contributed by atoms with Crippen LogP contribution >= 0.6 is 0 Å². The molecule has 3 heteroatoms. The molecule has 0 unspecified atom stereocenters. The lowest BCUT2D eigenvalue weighted by Gasteiger charge is -2.43. The Morgan fingerprint density at radius 3 is 1.61 bits per heavy atom. The van der Waals surface area contributed by atoms with E-state index in [1.807, 2.05) is 18.5 Å². The lowest BCUT2D eigenvalue weighted by Crippen LogP contribution is -2.59. The highest BCUT2D eigenvalue weighted by molar-refractivity contribution is 6.92. The quantitative estimate of drug-likeness (QED) is 0.241. The molecule has 0 amide bonds. The first-order valence-corrected chi connectivity index (χ1v) is 13.1. The summed E-state index contributed by atoms with van der Waals surface area (Å²) in [6.45, 7) is 0.120. The minimum atomic E-state index is 0.120. The topological polar surface area (TPSA) is 16.1 Å². The highest BCUT2D eigenvalue weighted by Gasteiger charge is 2.42. The number of fused-ring (bicyclic) bond motifs is 11. The van der Waals surface area contributed by atoms with Crippen LogP contribution in [0.4, 0.5) is 11.4 Å². The van der Waals surface area contributed by atoms with E-state index in [0.29, 0.717) is 0 Å². The lowest BCUT2D eigenvalue weighted by atomic mass is 9.43. The Kier molecular flexibility index (Phi) is 4.65. The summed E-state index contributed by atoms with van der Waals surface area (Å²) in [5.74, 6) is 0. The molecule has 2 nitrogen and oxygen atoms in total. The smallest absolute Gasteiger partial charge is 0.329 e. The number of pyridine rings is 1. The van der Waals surface area contributed by atoms with Crippen molar-refractivity contribution >= 4 is 29.1 Å². The van der Waals surface area contributed by atoms with Gasteiger partial charge in [-0.2, -0.15) is 0 Å². The maximum atomic E-state index is 4.36. The standard InChI is InChI=1S/C35H23BN2/c1-2-9-24(10-3-1)25-16-18-34-30(21-25)28-12-4-6-14-32(28)36-33-15-7-5-13-29(33)31-22-26(17-19-35(31)38(34)36)27-11-8-20-37-23-27/h1-23H. The maximum absolute atomic E-state index is 4.36. The molecule has 0 N–H and O–H groups in total. The first-order chi connectivity index (χ1) is 18.9.